The van der Waals surface area contributed by atoms with Gasteiger partial charge in [0.25, 0.3) is 0 Å². The molecular formula is C10H13F3N2O3S. The molecule has 1 aromatic rings. The van der Waals surface area contributed by atoms with Gasteiger partial charge in [0.15, 0.2) is 0 Å². The third kappa shape index (κ3) is 5.05. The Hall–Kier alpha value is -1.32. The van der Waals surface area contributed by atoms with Crippen molar-refractivity contribution in [3.05, 3.63) is 24.3 Å². The van der Waals surface area contributed by atoms with E-state index in [1.54, 1.807) is 0 Å². The van der Waals surface area contributed by atoms with Crippen molar-refractivity contribution in [3.8, 4) is 0 Å². The summed E-state index contributed by atoms with van der Waals surface area (Å²) in [6.07, 6.45) is -4.42. The minimum atomic E-state index is -4.42. The number of hydrogen-bond acceptors (Lipinski definition) is 4. The summed E-state index contributed by atoms with van der Waals surface area (Å²) in [5.41, 5.74) is 0.152. The van der Waals surface area contributed by atoms with Crippen molar-refractivity contribution in [1.82, 2.24) is 0 Å². The normalized spacial score (nSPS) is 12.5. The van der Waals surface area contributed by atoms with Crippen molar-refractivity contribution in [2.45, 2.75) is 11.1 Å². The monoisotopic (exact) mass is 298 g/mol. The molecule has 0 saturated heterocycles. The van der Waals surface area contributed by atoms with Crippen LogP contribution in [0.2, 0.25) is 0 Å². The minimum absolute atomic E-state index is 0.152. The minimum Gasteiger partial charge on any atom is -0.395 e. The van der Waals surface area contributed by atoms with Gasteiger partial charge in [-0.2, -0.15) is 13.2 Å². The molecule has 0 aliphatic heterocycles. The number of aliphatic hydroxyl groups excluding tert-OH is 1. The van der Waals surface area contributed by atoms with Gasteiger partial charge in [-0.05, 0) is 24.3 Å². The topological polar surface area (TPSA) is 83.6 Å². The van der Waals surface area contributed by atoms with Crippen molar-refractivity contribution in [1.29, 1.82) is 0 Å². The summed E-state index contributed by atoms with van der Waals surface area (Å²) in [5, 5.41) is 13.6. The van der Waals surface area contributed by atoms with Gasteiger partial charge in [0.1, 0.15) is 6.54 Å². The number of halogens is 3. The zero-order valence-corrected chi connectivity index (χ0v) is 10.6. The largest absolute Gasteiger partial charge is 0.405 e. The molecule has 0 unspecified atom stereocenters. The maximum atomic E-state index is 12.3. The van der Waals surface area contributed by atoms with E-state index in [1.165, 1.54) is 12.1 Å². The van der Waals surface area contributed by atoms with E-state index in [0.29, 0.717) is 0 Å². The highest BCUT2D eigenvalue weighted by Gasteiger charge is 2.30. The van der Waals surface area contributed by atoms with Crippen LogP contribution >= 0.6 is 0 Å². The number of alkyl halides is 3. The Morgan fingerprint density at radius 2 is 1.74 bits per heavy atom. The first-order valence-electron chi connectivity index (χ1n) is 5.19. The number of sulfonamides is 1. The fourth-order valence-electron chi connectivity index (χ4n) is 1.48. The SMILES string of the molecule is NS(=O)(=O)c1ccc(N(CCO)CC(F)(F)F)cc1. The lowest BCUT2D eigenvalue weighted by atomic mass is 10.3. The standard InChI is InChI=1S/C10H13F3N2O3S/c11-10(12,13)7-15(5-6-16)8-1-3-9(4-2-8)19(14,17)18/h1-4,16H,5-7H2,(H2,14,17,18). The summed E-state index contributed by atoms with van der Waals surface area (Å²) in [5.74, 6) is 0. The summed E-state index contributed by atoms with van der Waals surface area (Å²) in [6, 6.07) is 4.65. The quantitative estimate of drug-likeness (QED) is 0.838. The van der Waals surface area contributed by atoms with E-state index in [9.17, 15) is 21.6 Å². The lowest BCUT2D eigenvalue weighted by molar-refractivity contribution is -0.119. The number of anilines is 1. The van der Waals surface area contributed by atoms with Crippen LogP contribution < -0.4 is 10.0 Å². The van der Waals surface area contributed by atoms with Crippen molar-refractivity contribution in [3.63, 3.8) is 0 Å². The fourth-order valence-corrected chi connectivity index (χ4v) is 2.00. The number of aliphatic hydroxyl groups is 1. The molecule has 3 N–H and O–H groups in total. The summed E-state index contributed by atoms with van der Waals surface area (Å²) in [4.78, 5) is 0.708. The lowest BCUT2D eigenvalue weighted by Gasteiger charge is -2.25. The fraction of sp³-hybridized carbons (Fsp3) is 0.400. The molecule has 0 atom stereocenters. The smallest absolute Gasteiger partial charge is 0.395 e. The lowest BCUT2D eigenvalue weighted by Crippen LogP contribution is -2.36. The second-order valence-corrected chi connectivity index (χ2v) is 5.36. The van der Waals surface area contributed by atoms with Gasteiger partial charge >= 0.3 is 6.18 Å². The highest BCUT2D eigenvalue weighted by molar-refractivity contribution is 7.89. The Bertz CT molecular complexity index is 514. The zero-order valence-electron chi connectivity index (χ0n) is 9.76. The van der Waals surface area contributed by atoms with Crippen LogP contribution in [0.25, 0.3) is 0 Å². The Balaban J connectivity index is 2.98. The molecule has 0 aromatic heterocycles. The molecule has 108 valence electrons. The van der Waals surface area contributed by atoms with Crippen LogP contribution in [0.4, 0.5) is 18.9 Å². The van der Waals surface area contributed by atoms with Gasteiger partial charge in [0.2, 0.25) is 10.0 Å². The van der Waals surface area contributed by atoms with E-state index in [1.807, 2.05) is 0 Å². The first-order valence-corrected chi connectivity index (χ1v) is 6.73. The Kier molecular flexibility index (Phi) is 4.77. The second kappa shape index (κ2) is 5.76. The van der Waals surface area contributed by atoms with Crippen molar-refractivity contribution >= 4 is 15.7 Å². The number of rotatable bonds is 5. The molecule has 0 aliphatic rings. The van der Waals surface area contributed by atoms with Crippen LogP contribution in [-0.4, -0.2) is 39.4 Å². The summed E-state index contributed by atoms with van der Waals surface area (Å²) < 4.78 is 59.1. The van der Waals surface area contributed by atoms with Crippen molar-refractivity contribution < 1.29 is 26.7 Å². The van der Waals surface area contributed by atoms with Crippen LogP contribution in [0.15, 0.2) is 29.2 Å². The number of benzene rings is 1. The van der Waals surface area contributed by atoms with Crippen LogP contribution in [0.3, 0.4) is 0 Å². The van der Waals surface area contributed by atoms with Crippen LogP contribution in [0, 0.1) is 0 Å². The Morgan fingerprint density at radius 1 is 1.21 bits per heavy atom. The number of nitrogens with two attached hydrogens (primary N) is 1. The van der Waals surface area contributed by atoms with Gasteiger partial charge in [-0.1, -0.05) is 0 Å². The van der Waals surface area contributed by atoms with E-state index < -0.39 is 29.4 Å². The van der Waals surface area contributed by atoms with Gasteiger partial charge in [0.05, 0.1) is 11.5 Å². The molecule has 0 fully saturated rings. The molecule has 0 amide bonds. The van der Waals surface area contributed by atoms with Gasteiger partial charge in [-0.25, -0.2) is 13.6 Å². The molecule has 9 heteroatoms. The first-order chi connectivity index (χ1) is 8.63. The maximum absolute atomic E-state index is 12.3. The Morgan fingerprint density at radius 3 is 2.11 bits per heavy atom. The highest BCUT2D eigenvalue weighted by Crippen LogP contribution is 2.23. The zero-order chi connectivity index (χ0) is 14.7. The third-order valence-electron chi connectivity index (χ3n) is 2.27. The Labute approximate surface area is 108 Å². The molecule has 0 saturated carbocycles. The summed E-state index contributed by atoms with van der Waals surface area (Å²) in [6.45, 7) is -1.90. The molecule has 1 aromatic carbocycles. The van der Waals surface area contributed by atoms with Gasteiger partial charge in [0, 0.05) is 12.2 Å². The van der Waals surface area contributed by atoms with Crippen molar-refractivity contribution in [2.24, 2.45) is 5.14 Å². The van der Waals surface area contributed by atoms with Crippen LogP contribution in [0.1, 0.15) is 0 Å². The van der Waals surface area contributed by atoms with E-state index in [2.05, 4.69) is 0 Å². The van der Waals surface area contributed by atoms with E-state index in [0.717, 1.165) is 17.0 Å². The molecule has 0 aliphatic carbocycles. The molecule has 0 bridgehead atoms. The van der Waals surface area contributed by atoms with Gasteiger partial charge < -0.3 is 10.0 Å². The van der Waals surface area contributed by atoms with Crippen LogP contribution in [-0.2, 0) is 10.0 Å². The maximum Gasteiger partial charge on any atom is 0.405 e. The van der Waals surface area contributed by atoms with E-state index >= 15 is 0 Å². The molecule has 5 nitrogen and oxygen atoms in total. The summed E-state index contributed by atoms with van der Waals surface area (Å²) in [7, 11) is -3.88. The van der Waals surface area contributed by atoms with Crippen LogP contribution in [0.5, 0.6) is 0 Å². The average molecular weight is 298 g/mol. The number of primary sulfonamides is 1. The number of hydrogen-bond donors (Lipinski definition) is 2. The second-order valence-electron chi connectivity index (χ2n) is 3.80. The molecular weight excluding hydrogens is 285 g/mol. The van der Waals surface area contributed by atoms with Gasteiger partial charge in [-0.15, -0.1) is 0 Å². The molecule has 0 spiro atoms. The number of nitrogens with zero attached hydrogens (tertiary/aromatic N) is 1. The first kappa shape index (κ1) is 15.7. The van der Waals surface area contributed by atoms with E-state index in [4.69, 9.17) is 10.2 Å². The van der Waals surface area contributed by atoms with E-state index in [-0.39, 0.29) is 17.1 Å². The molecule has 0 heterocycles. The summed E-state index contributed by atoms with van der Waals surface area (Å²) >= 11 is 0. The highest BCUT2D eigenvalue weighted by atomic mass is 32.2. The molecule has 19 heavy (non-hydrogen) atoms. The third-order valence-corrected chi connectivity index (χ3v) is 3.20. The molecule has 1 rings (SSSR count). The van der Waals surface area contributed by atoms with Crippen molar-refractivity contribution in [2.75, 3.05) is 24.6 Å². The predicted molar refractivity (Wildman–Crippen MR) is 63.2 cm³/mol. The predicted octanol–water partition coefficient (Wildman–Crippen LogP) is 0.695. The average Bonchev–Trinajstić information content (AvgIpc) is 2.26. The molecule has 0 radical (unpaired) electrons. The van der Waals surface area contributed by atoms with Gasteiger partial charge in [-0.3, -0.25) is 0 Å².